The predicted octanol–water partition coefficient (Wildman–Crippen LogP) is 6.97. The molecule has 0 bridgehead atoms. The molecule has 5 nitrogen and oxygen atoms in total. The highest BCUT2D eigenvalue weighted by Crippen LogP contribution is 2.38. The Bertz CT molecular complexity index is 1510. The number of ether oxygens (including phenoxy) is 1. The van der Waals surface area contributed by atoms with E-state index < -0.39 is 0 Å². The van der Waals surface area contributed by atoms with E-state index >= 15 is 0 Å². The maximum Gasteiger partial charge on any atom is 0.138 e. The van der Waals surface area contributed by atoms with Gasteiger partial charge in [0.1, 0.15) is 5.75 Å². The molecule has 0 radical (unpaired) electrons. The molecule has 182 valence electrons. The van der Waals surface area contributed by atoms with Gasteiger partial charge in [0.25, 0.3) is 0 Å². The second-order valence-corrected chi connectivity index (χ2v) is 10.1. The molecule has 1 saturated heterocycles. The van der Waals surface area contributed by atoms with Crippen molar-refractivity contribution in [3.63, 3.8) is 0 Å². The summed E-state index contributed by atoms with van der Waals surface area (Å²) in [4.78, 5) is 4.84. The molecule has 6 rings (SSSR count). The van der Waals surface area contributed by atoms with E-state index in [0.29, 0.717) is 12.6 Å². The second kappa shape index (κ2) is 9.75. The van der Waals surface area contributed by atoms with Crippen LogP contribution in [0.25, 0.3) is 44.1 Å². The number of pyridine rings is 1. The summed E-state index contributed by atoms with van der Waals surface area (Å²) in [6.07, 6.45) is 8.65. The van der Waals surface area contributed by atoms with E-state index in [9.17, 15) is 0 Å². The van der Waals surface area contributed by atoms with E-state index in [-0.39, 0.29) is 0 Å². The summed E-state index contributed by atoms with van der Waals surface area (Å²) in [5, 5.41) is 13.0. The average Bonchev–Trinajstić information content (AvgIpc) is 3.36. The lowest BCUT2D eigenvalue weighted by molar-refractivity contribution is 0.271. The number of nitrogens with zero attached hydrogens (tertiary/aromatic N) is 2. The first-order chi connectivity index (χ1) is 17.6. The lowest BCUT2D eigenvalue weighted by atomic mass is 9.97. The van der Waals surface area contributed by atoms with Gasteiger partial charge < -0.3 is 10.1 Å². The van der Waals surface area contributed by atoms with Crippen molar-refractivity contribution in [2.24, 2.45) is 0 Å². The SMILES string of the molecule is Cc1cc(C)cc(-c2cnc3ccc(-c4ccc5[nH]ncc5c4)cc3c2OCCC2CCCCN2)c1. The lowest BCUT2D eigenvalue weighted by Crippen LogP contribution is -2.35. The smallest absolute Gasteiger partial charge is 0.138 e. The summed E-state index contributed by atoms with van der Waals surface area (Å²) < 4.78 is 6.64. The predicted molar refractivity (Wildman–Crippen MR) is 147 cm³/mol. The Morgan fingerprint density at radius 3 is 2.56 bits per heavy atom. The largest absolute Gasteiger partial charge is 0.492 e. The molecule has 1 unspecified atom stereocenters. The standard InChI is InChI=1S/C31H32N4O/c1-20-13-21(2)15-24(14-20)28-19-33-30-9-7-23(22-6-8-29-25(16-22)18-34-35-29)17-27(30)31(28)36-12-10-26-5-3-4-11-32-26/h6-9,13-19,26,32H,3-5,10-12H2,1-2H3,(H,34,35). The molecule has 0 aliphatic carbocycles. The first-order valence-electron chi connectivity index (χ1n) is 13.0. The van der Waals surface area contributed by atoms with E-state index in [0.717, 1.165) is 62.8 Å². The van der Waals surface area contributed by atoms with Gasteiger partial charge in [-0.15, -0.1) is 0 Å². The van der Waals surface area contributed by atoms with Crippen molar-refractivity contribution in [1.82, 2.24) is 20.5 Å². The first kappa shape index (κ1) is 22.7. The Morgan fingerprint density at radius 2 is 1.72 bits per heavy atom. The minimum Gasteiger partial charge on any atom is -0.492 e. The molecule has 0 saturated carbocycles. The van der Waals surface area contributed by atoms with Crippen molar-refractivity contribution in [1.29, 1.82) is 0 Å². The van der Waals surface area contributed by atoms with Gasteiger partial charge in [0.05, 0.1) is 23.8 Å². The summed E-state index contributed by atoms with van der Waals surface area (Å²) in [5.74, 6) is 0.923. The van der Waals surface area contributed by atoms with Crippen molar-refractivity contribution in [2.45, 2.75) is 45.6 Å². The molecule has 0 spiro atoms. The van der Waals surface area contributed by atoms with Gasteiger partial charge in [-0.2, -0.15) is 5.10 Å². The number of fused-ring (bicyclic) bond motifs is 2. The van der Waals surface area contributed by atoms with Crippen LogP contribution in [0.4, 0.5) is 0 Å². The van der Waals surface area contributed by atoms with Crippen LogP contribution in [-0.4, -0.2) is 34.4 Å². The molecule has 3 heterocycles. The van der Waals surface area contributed by atoms with Crippen LogP contribution in [0.15, 0.2) is 67.0 Å². The lowest BCUT2D eigenvalue weighted by Gasteiger charge is -2.24. The molecule has 36 heavy (non-hydrogen) atoms. The van der Waals surface area contributed by atoms with Gasteiger partial charge in [-0.3, -0.25) is 10.1 Å². The average molecular weight is 477 g/mol. The van der Waals surface area contributed by atoms with E-state index in [4.69, 9.17) is 9.72 Å². The van der Waals surface area contributed by atoms with E-state index in [2.05, 4.69) is 84.0 Å². The number of rotatable bonds is 6. The third kappa shape index (κ3) is 4.59. The van der Waals surface area contributed by atoms with Crippen LogP contribution in [0.2, 0.25) is 0 Å². The number of benzene rings is 3. The minimum atomic E-state index is 0.536. The molecule has 1 aliphatic heterocycles. The molecule has 0 amide bonds. The summed E-state index contributed by atoms with van der Waals surface area (Å²) >= 11 is 0. The maximum atomic E-state index is 6.64. The number of hydrogen-bond donors (Lipinski definition) is 2. The molecule has 1 fully saturated rings. The molecule has 3 aromatic carbocycles. The number of aromatic amines is 1. The molecule has 1 atom stereocenters. The highest BCUT2D eigenvalue weighted by molar-refractivity contribution is 5.96. The maximum absolute atomic E-state index is 6.64. The molecule has 5 heteroatoms. The fourth-order valence-corrected chi connectivity index (χ4v) is 5.44. The number of piperidine rings is 1. The number of nitrogens with one attached hydrogen (secondary N) is 2. The number of aromatic nitrogens is 3. The van der Waals surface area contributed by atoms with Crippen LogP contribution in [0.3, 0.4) is 0 Å². The fourth-order valence-electron chi connectivity index (χ4n) is 5.44. The van der Waals surface area contributed by atoms with E-state index in [1.165, 1.54) is 30.4 Å². The van der Waals surface area contributed by atoms with Crippen LogP contribution in [-0.2, 0) is 0 Å². The summed E-state index contributed by atoms with van der Waals surface area (Å²) in [6, 6.07) is 20.1. The zero-order chi connectivity index (χ0) is 24.5. The monoisotopic (exact) mass is 476 g/mol. The van der Waals surface area contributed by atoms with Gasteiger partial charge in [-0.05, 0) is 80.6 Å². The summed E-state index contributed by atoms with van der Waals surface area (Å²) in [5.41, 5.74) is 8.96. The third-order valence-electron chi connectivity index (χ3n) is 7.25. The van der Waals surface area contributed by atoms with Crippen molar-refractivity contribution in [3.8, 4) is 28.0 Å². The second-order valence-electron chi connectivity index (χ2n) is 10.1. The third-order valence-corrected chi connectivity index (χ3v) is 7.25. The molecular weight excluding hydrogens is 444 g/mol. The molecule has 1 aliphatic rings. The highest BCUT2D eigenvalue weighted by Gasteiger charge is 2.17. The summed E-state index contributed by atoms with van der Waals surface area (Å²) in [6.45, 7) is 6.08. The Kier molecular flexibility index (Phi) is 6.16. The topological polar surface area (TPSA) is 62.8 Å². The van der Waals surface area contributed by atoms with Crippen LogP contribution < -0.4 is 10.1 Å². The van der Waals surface area contributed by atoms with Gasteiger partial charge in [0.15, 0.2) is 0 Å². The van der Waals surface area contributed by atoms with Crippen LogP contribution in [0, 0.1) is 13.8 Å². The quantitative estimate of drug-likeness (QED) is 0.278. The molecule has 5 aromatic rings. The van der Waals surface area contributed by atoms with Crippen LogP contribution in [0.1, 0.15) is 36.8 Å². The zero-order valence-electron chi connectivity index (χ0n) is 21.0. The van der Waals surface area contributed by atoms with Crippen molar-refractivity contribution in [3.05, 3.63) is 78.1 Å². The number of hydrogen-bond acceptors (Lipinski definition) is 4. The van der Waals surface area contributed by atoms with Gasteiger partial charge in [-0.1, -0.05) is 47.9 Å². The Balaban J connectivity index is 1.43. The Labute approximate surface area is 211 Å². The Morgan fingerprint density at radius 1 is 0.889 bits per heavy atom. The van der Waals surface area contributed by atoms with Gasteiger partial charge in [0.2, 0.25) is 0 Å². The van der Waals surface area contributed by atoms with Crippen LogP contribution in [0.5, 0.6) is 5.75 Å². The molecular formula is C31H32N4O. The van der Waals surface area contributed by atoms with Gasteiger partial charge in [0, 0.05) is 28.6 Å². The first-order valence-corrected chi connectivity index (χ1v) is 13.0. The van der Waals surface area contributed by atoms with Crippen molar-refractivity contribution in [2.75, 3.05) is 13.2 Å². The number of H-pyrrole nitrogens is 1. The van der Waals surface area contributed by atoms with Gasteiger partial charge in [-0.25, -0.2) is 0 Å². The number of aryl methyl sites for hydroxylation is 2. The Hall–Kier alpha value is -3.70. The molecule has 2 N–H and O–H groups in total. The highest BCUT2D eigenvalue weighted by atomic mass is 16.5. The molecule has 2 aromatic heterocycles. The zero-order valence-corrected chi connectivity index (χ0v) is 21.0. The van der Waals surface area contributed by atoms with E-state index in [1.807, 2.05) is 12.4 Å². The summed E-state index contributed by atoms with van der Waals surface area (Å²) in [7, 11) is 0. The fraction of sp³-hybridized carbons (Fsp3) is 0.290. The normalized spacial score (nSPS) is 16.0. The van der Waals surface area contributed by atoms with Gasteiger partial charge >= 0.3 is 0 Å². The minimum absolute atomic E-state index is 0.536. The van der Waals surface area contributed by atoms with Crippen molar-refractivity contribution >= 4 is 21.8 Å². The van der Waals surface area contributed by atoms with Crippen molar-refractivity contribution < 1.29 is 4.74 Å². The van der Waals surface area contributed by atoms with Crippen LogP contribution >= 0.6 is 0 Å². The van der Waals surface area contributed by atoms with E-state index in [1.54, 1.807) is 0 Å².